The van der Waals surface area contributed by atoms with E-state index in [-0.39, 0.29) is 24.3 Å². The van der Waals surface area contributed by atoms with E-state index in [1.807, 2.05) is 30.3 Å². The molecule has 2 aromatic carbocycles. The molecule has 0 aromatic heterocycles. The summed E-state index contributed by atoms with van der Waals surface area (Å²) in [6, 6.07) is 13.3. The minimum absolute atomic E-state index is 0.0183. The van der Waals surface area contributed by atoms with Gasteiger partial charge in [-0.05, 0) is 49.0 Å². The topological polar surface area (TPSA) is 70.7 Å². The van der Waals surface area contributed by atoms with Crippen LogP contribution in [0.25, 0.3) is 0 Å². The van der Waals surface area contributed by atoms with Gasteiger partial charge in [0.05, 0.1) is 24.1 Å². The van der Waals surface area contributed by atoms with E-state index in [2.05, 4.69) is 29.4 Å². The Kier molecular flexibility index (Phi) is 8.23. The molecule has 2 unspecified atom stereocenters. The molecule has 0 radical (unpaired) electrons. The molecule has 1 heterocycles. The lowest BCUT2D eigenvalue weighted by Gasteiger charge is -2.31. The monoisotopic (exact) mass is 461 g/mol. The molecule has 0 fully saturated rings. The summed E-state index contributed by atoms with van der Waals surface area (Å²) in [7, 11) is 1.65. The highest BCUT2D eigenvalue weighted by Gasteiger charge is 2.29. The van der Waals surface area contributed by atoms with Crippen LogP contribution in [0.3, 0.4) is 0 Å². The number of halogens is 1. The molecule has 3 rings (SSSR count). The Labute approximate surface area is 192 Å². The van der Waals surface area contributed by atoms with Crippen LogP contribution in [-0.2, 0) is 9.59 Å². The number of ether oxygens (including phenoxy) is 1. The molecule has 2 amide bonds. The summed E-state index contributed by atoms with van der Waals surface area (Å²) in [5.41, 5.74) is 1.78. The number of carbonyl (C=O) groups is 2. The van der Waals surface area contributed by atoms with E-state index in [9.17, 15) is 9.59 Å². The highest BCUT2D eigenvalue weighted by Crippen LogP contribution is 2.38. The van der Waals surface area contributed by atoms with Crippen molar-refractivity contribution in [2.75, 3.05) is 32.1 Å². The first kappa shape index (κ1) is 23.4. The predicted octanol–water partition coefficient (Wildman–Crippen LogP) is 4.35. The van der Waals surface area contributed by atoms with Crippen LogP contribution in [0, 0.1) is 0 Å². The lowest BCUT2D eigenvalue weighted by molar-refractivity contribution is -0.124. The van der Waals surface area contributed by atoms with Crippen molar-refractivity contribution in [1.29, 1.82) is 0 Å². The van der Waals surface area contributed by atoms with E-state index < -0.39 is 5.25 Å². The number of nitrogens with one attached hydrogen (secondary N) is 2. The Morgan fingerprint density at radius 3 is 2.74 bits per heavy atom. The molecule has 166 valence electrons. The number of carbonyl (C=O) groups excluding carboxylic acids is 2. The largest absolute Gasteiger partial charge is 0.497 e. The first-order valence-corrected chi connectivity index (χ1v) is 11.6. The molecule has 1 aliphatic rings. The molecule has 8 heteroatoms. The fraction of sp³-hybridized carbons (Fsp3) is 0.391. The van der Waals surface area contributed by atoms with Crippen LogP contribution in [0.1, 0.15) is 31.9 Å². The van der Waals surface area contributed by atoms with Crippen LogP contribution in [0.2, 0.25) is 5.02 Å². The van der Waals surface area contributed by atoms with Crippen LogP contribution in [0.15, 0.2) is 47.4 Å². The fourth-order valence-electron chi connectivity index (χ4n) is 3.68. The minimum atomic E-state index is -0.475. The second-order valence-corrected chi connectivity index (χ2v) is 8.94. The van der Waals surface area contributed by atoms with Crippen LogP contribution >= 0.6 is 23.4 Å². The molecule has 0 aliphatic carbocycles. The van der Waals surface area contributed by atoms with Gasteiger partial charge >= 0.3 is 0 Å². The van der Waals surface area contributed by atoms with Gasteiger partial charge in [-0.15, -0.1) is 11.8 Å². The lowest BCUT2D eigenvalue weighted by atomic mass is 10.0. The van der Waals surface area contributed by atoms with Crippen molar-refractivity contribution < 1.29 is 14.3 Å². The number of likely N-dealkylation sites (N-methyl/N-ethyl adjacent to an activating group) is 1. The first-order valence-electron chi connectivity index (χ1n) is 10.4. The molecule has 2 N–H and O–H groups in total. The second kappa shape index (κ2) is 10.9. The highest BCUT2D eigenvalue weighted by molar-refractivity contribution is 8.01. The van der Waals surface area contributed by atoms with Crippen LogP contribution in [-0.4, -0.2) is 48.7 Å². The van der Waals surface area contributed by atoms with Gasteiger partial charge in [0.15, 0.2) is 0 Å². The van der Waals surface area contributed by atoms with E-state index >= 15 is 0 Å². The van der Waals surface area contributed by atoms with Gasteiger partial charge < -0.3 is 15.4 Å². The number of amides is 2. The van der Waals surface area contributed by atoms with Crippen molar-refractivity contribution in [2.45, 2.75) is 36.5 Å². The van der Waals surface area contributed by atoms with Crippen LogP contribution < -0.4 is 15.4 Å². The van der Waals surface area contributed by atoms with E-state index in [0.717, 1.165) is 29.3 Å². The molecule has 0 spiro atoms. The summed E-state index contributed by atoms with van der Waals surface area (Å²) in [6.07, 6.45) is 0.113. The molecule has 2 atom stereocenters. The number of hydrogen-bond donors (Lipinski definition) is 2. The Morgan fingerprint density at radius 1 is 1.26 bits per heavy atom. The zero-order valence-corrected chi connectivity index (χ0v) is 19.6. The van der Waals surface area contributed by atoms with E-state index in [0.29, 0.717) is 17.3 Å². The highest BCUT2D eigenvalue weighted by atomic mass is 35.5. The van der Waals surface area contributed by atoms with Crippen molar-refractivity contribution in [1.82, 2.24) is 10.2 Å². The third-order valence-electron chi connectivity index (χ3n) is 5.36. The SMILES string of the molecule is CCN(CC)C(CNC(=O)CC1Sc2ccc(Cl)cc2NC1=O)c1cccc(OC)c1. The summed E-state index contributed by atoms with van der Waals surface area (Å²) in [5, 5.41) is 5.97. The maximum absolute atomic E-state index is 12.7. The van der Waals surface area contributed by atoms with Crippen molar-refractivity contribution >= 4 is 40.9 Å². The van der Waals surface area contributed by atoms with E-state index in [1.54, 1.807) is 19.2 Å². The van der Waals surface area contributed by atoms with Gasteiger partial charge in [0.2, 0.25) is 11.8 Å². The maximum atomic E-state index is 12.7. The number of methoxy groups -OCH3 is 1. The molecule has 6 nitrogen and oxygen atoms in total. The maximum Gasteiger partial charge on any atom is 0.238 e. The molecule has 1 aliphatic heterocycles. The van der Waals surface area contributed by atoms with Crippen molar-refractivity contribution in [3.63, 3.8) is 0 Å². The lowest BCUT2D eigenvalue weighted by Crippen LogP contribution is -2.40. The number of nitrogens with zero attached hydrogens (tertiary/aromatic N) is 1. The predicted molar refractivity (Wildman–Crippen MR) is 126 cm³/mol. The molecule has 0 bridgehead atoms. The Bertz CT molecular complexity index is 936. The quantitative estimate of drug-likeness (QED) is 0.581. The summed E-state index contributed by atoms with van der Waals surface area (Å²) < 4.78 is 5.36. The van der Waals surface area contributed by atoms with Crippen LogP contribution in [0.4, 0.5) is 5.69 Å². The number of fused-ring (bicyclic) bond motifs is 1. The summed E-state index contributed by atoms with van der Waals surface area (Å²) in [5.74, 6) is 0.461. The van der Waals surface area contributed by atoms with Gasteiger partial charge in [-0.2, -0.15) is 0 Å². The van der Waals surface area contributed by atoms with Crippen molar-refractivity contribution in [2.24, 2.45) is 0 Å². The molecular formula is C23H28ClN3O3S. The van der Waals surface area contributed by atoms with Gasteiger partial charge in [-0.3, -0.25) is 14.5 Å². The van der Waals surface area contributed by atoms with Gasteiger partial charge in [-0.25, -0.2) is 0 Å². The number of rotatable bonds is 9. The van der Waals surface area contributed by atoms with Crippen molar-refractivity contribution in [3.05, 3.63) is 53.1 Å². The zero-order chi connectivity index (χ0) is 22.4. The third kappa shape index (κ3) is 5.93. The Morgan fingerprint density at radius 2 is 2.03 bits per heavy atom. The molecule has 2 aromatic rings. The number of thioether (sulfide) groups is 1. The molecule has 0 saturated heterocycles. The Balaban J connectivity index is 1.65. The van der Waals surface area contributed by atoms with Gasteiger partial charge in [0.1, 0.15) is 5.75 Å². The smallest absolute Gasteiger partial charge is 0.238 e. The zero-order valence-electron chi connectivity index (χ0n) is 18.0. The standard InChI is InChI=1S/C23H28ClN3O3S/c1-4-27(5-2)19(15-7-6-8-17(11-15)30-3)14-25-22(28)13-21-23(29)26-18-12-16(24)9-10-20(18)31-21/h6-12,19,21H,4-5,13-14H2,1-3H3,(H,25,28)(H,26,29). The average molecular weight is 462 g/mol. The van der Waals surface area contributed by atoms with E-state index in [1.165, 1.54) is 11.8 Å². The summed E-state index contributed by atoms with van der Waals surface area (Å²) in [4.78, 5) is 28.4. The molecule has 31 heavy (non-hydrogen) atoms. The summed E-state index contributed by atoms with van der Waals surface area (Å²) in [6.45, 7) is 6.37. The fourth-order valence-corrected chi connectivity index (χ4v) is 4.94. The van der Waals surface area contributed by atoms with E-state index in [4.69, 9.17) is 16.3 Å². The Hall–Kier alpha value is -2.22. The summed E-state index contributed by atoms with van der Waals surface area (Å²) >= 11 is 7.39. The molecular weight excluding hydrogens is 434 g/mol. The van der Waals surface area contributed by atoms with Crippen molar-refractivity contribution in [3.8, 4) is 5.75 Å². The second-order valence-electron chi connectivity index (χ2n) is 7.26. The van der Waals surface area contributed by atoms with Gasteiger partial charge in [0.25, 0.3) is 0 Å². The van der Waals surface area contributed by atoms with Crippen LogP contribution in [0.5, 0.6) is 5.75 Å². The first-order chi connectivity index (χ1) is 14.9. The number of anilines is 1. The number of benzene rings is 2. The number of hydrogen-bond acceptors (Lipinski definition) is 5. The van der Waals surface area contributed by atoms with Gasteiger partial charge in [-0.1, -0.05) is 37.6 Å². The van der Waals surface area contributed by atoms with Gasteiger partial charge in [0, 0.05) is 22.9 Å². The minimum Gasteiger partial charge on any atom is -0.497 e. The average Bonchev–Trinajstić information content (AvgIpc) is 2.77. The molecule has 0 saturated carbocycles. The third-order valence-corrected chi connectivity index (χ3v) is 6.87. The normalized spacial score (nSPS) is 16.4.